The van der Waals surface area contributed by atoms with Gasteiger partial charge in [-0.3, -0.25) is 9.48 Å². The van der Waals surface area contributed by atoms with Crippen molar-refractivity contribution in [1.29, 1.82) is 0 Å². The van der Waals surface area contributed by atoms with Crippen LogP contribution in [0.15, 0.2) is 6.20 Å². The Kier molecular flexibility index (Phi) is 5.15. The van der Waals surface area contributed by atoms with Crippen LogP contribution in [0.2, 0.25) is 0 Å². The van der Waals surface area contributed by atoms with Crippen LogP contribution in [-0.4, -0.2) is 47.4 Å². The van der Waals surface area contributed by atoms with Crippen molar-refractivity contribution in [2.45, 2.75) is 13.8 Å². The molecular weight excluding hydrogens is 232 g/mol. The molecular formula is C12H22N4O2. The summed E-state index contributed by atoms with van der Waals surface area (Å²) in [7, 11) is 3.34. The average molecular weight is 254 g/mol. The van der Waals surface area contributed by atoms with Gasteiger partial charge < -0.3 is 15.4 Å². The zero-order valence-corrected chi connectivity index (χ0v) is 11.5. The summed E-state index contributed by atoms with van der Waals surface area (Å²) in [6, 6.07) is 0. The predicted molar refractivity (Wildman–Crippen MR) is 70.2 cm³/mol. The molecule has 0 spiro atoms. The number of carbonyl (C=O) groups excluding carboxylic acids is 1. The zero-order valence-electron chi connectivity index (χ0n) is 11.5. The van der Waals surface area contributed by atoms with E-state index in [4.69, 9.17) is 10.5 Å². The Bertz CT molecular complexity index is 401. The highest BCUT2D eigenvalue weighted by molar-refractivity contribution is 5.98. The van der Waals surface area contributed by atoms with E-state index in [0.29, 0.717) is 37.0 Å². The van der Waals surface area contributed by atoms with E-state index in [1.165, 1.54) is 10.9 Å². The Morgan fingerprint density at radius 1 is 1.61 bits per heavy atom. The fraction of sp³-hybridized carbons (Fsp3) is 0.667. The highest BCUT2D eigenvalue weighted by Gasteiger charge is 2.21. The lowest BCUT2D eigenvalue weighted by Gasteiger charge is -2.24. The van der Waals surface area contributed by atoms with Gasteiger partial charge in [-0.2, -0.15) is 5.10 Å². The van der Waals surface area contributed by atoms with Crippen molar-refractivity contribution in [2.75, 3.05) is 32.5 Å². The van der Waals surface area contributed by atoms with E-state index in [9.17, 15) is 4.79 Å². The highest BCUT2D eigenvalue weighted by Crippen LogP contribution is 2.13. The molecule has 0 aliphatic heterocycles. The summed E-state index contributed by atoms with van der Waals surface area (Å²) in [6.07, 6.45) is 1.51. The van der Waals surface area contributed by atoms with E-state index in [0.717, 1.165) is 0 Å². The molecule has 0 aromatic carbocycles. The Hall–Kier alpha value is -1.56. The number of nitrogens with zero attached hydrogens (tertiary/aromatic N) is 3. The number of amides is 1. The van der Waals surface area contributed by atoms with Crippen molar-refractivity contribution in [2.24, 2.45) is 13.0 Å². The average Bonchev–Trinajstić information content (AvgIpc) is 2.64. The molecule has 0 unspecified atom stereocenters. The number of anilines is 1. The number of nitrogen functional groups attached to an aromatic ring is 1. The number of aryl methyl sites for hydroxylation is 1. The van der Waals surface area contributed by atoms with Gasteiger partial charge in [0.05, 0.1) is 12.8 Å². The lowest BCUT2D eigenvalue weighted by atomic mass is 10.2. The van der Waals surface area contributed by atoms with Gasteiger partial charge in [0.15, 0.2) is 0 Å². The Morgan fingerprint density at radius 2 is 2.28 bits per heavy atom. The third kappa shape index (κ3) is 3.46. The first kappa shape index (κ1) is 14.5. The second-order valence-corrected chi connectivity index (χ2v) is 4.70. The molecule has 0 bridgehead atoms. The highest BCUT2D eigenvalue weighted by atomic mass is 16.5. The van der Waals surface area contributed by atoms with Crippen molar-refractivity contribution in [3.8, 4) is 0 Å². The second kappa shape index (κ2) is 6.39. The van der Waals surface area contributed by atoms with Crippen molar-refractivity contribution in [3.05, 3.63) is 11.8 Å². The summed E-state index contributed by atoms with van der Waals surface area (Å²) in [6.45, 7) is 5.89. The van der Waals surface area contributed by atoms with Crippen LogP contribution in [0.5, 0.6) is 0 Å². The first-order valence-corrected chi connectivity index (χ1v) is 6.03. The zero-order chi connectivity index (χ0) is 13.7. The van der Waals surface area contributed by atoms with E-state index in [1.807, 2.05) is 0 Å². The van der Waals surface area contributed by atoms with Crippen LogP contribution in [0.3, 0.4) is 0 Å². The molecule has 0 aliphatic carbocycles. The van der Waals surface area contributed by atoms with Crippen LogP contribution < -0.4 is 5.73 Å². The van der Waals surface area contributed by atoms with Gasteiger partial charge in [-0.05, 0) is 5.92 Å². The number of rotatable bonds is 6. The molecule has 2 N–H and O–H groups in total. The van der Waals surface area contributed by atoms with E-state index in [2.05, 4.69) is 18.9 Å². The molecule has 0 fully saturated rings. The lowest BCUT2D eigenvalue weighted by Crippen LogP contribution is -2.37. The molecule has 0 aliphatic rings. The molecule has 18 heavy (non-hydrogen) atoms. The molecule has 6 nitrogen and oxygen atoms in total. The van der Waals surface area contributed by atoms with Crippen molar-refractivity contribution < 1.29 is 9.53 Å². The molecule has 102 valence electrons. The summed E-state index contributed by atoms with van der Waals surface area (Å²) < 4.78 is 6.53. The van der Waals surface area contributed by atoms with Crippen LogP contribution in [0.1, 0.15) is 24.2 Å². The van der Waals surface area contributed by atoms with Crippen LogP contribution in [0.4, 0.5) is 5.82 Å². The maximum Gasteiger partial charge on any atom is 0.259 e. The number of aromatic nitrogens is 2. The van der Waals surface area contributed by atoms with Crippen molar-refractivity contribution >= 4 is 11.7 Å². The van der Waals surface area contributed by atoms with Gasteiger partial charge in [0.1, 0.15) is 11.4 Å². The topological polar surface area (TPSA) is 73.4 Å². The maximum absolute atomic E-state index is 12.4. The number of hydrogen-bond donors (Lipinski definition) is 1. The quantitative estimate of drug-likeness (QED) is 0.813. The molecule has 1 amide bonds. The molecule has 0 saturated heterocycles. The monoisotopic (exact) mass is 254 g/mol. The minimum Gasteiger partial charge on any atom is -0.383 e. The van der Waals surface area contributed by atoms with Crippen LogP contribution in [0.25, 0.3) is 0 Å². The third-order valence-corrected chi connectivity index (χ3v) is 2.65. The molecule has 1 aromatic heterocycles. The summed E-state index contributed by atoms with van der Waals surface area (Å²) in [4.78, 5) is 14.1. The molecule has 0 atom stereocenters. The van der Waals surface area contributed by atoms with Crippen LogP contribution >= 0.6 is 0 Å². The number of carbonyl (C=O) groups is 1. The van der Waals surface area contributed by atoms with Crippen molar-refractivity contribution in [3.63, 3.8) is 0 Å². The van der Waals surface area contributed by atoms with E-state index < -0.39 is 0 Å². The summed E-state index contributed by atoms with van der Waals surface area (Å²) in [5, 5.41) is 3.99. The predicted octanol–water partition coefficient (Wildman–Crippen LogP) is 0.747. The SMILES string of the molecule is COCCN(CC(C)C)C(=O)c1cnn(C)c1N. The number of hydrogen-bond acceptors (Lipinski definition) is 4. The lowest BCUT2D eigenvalue weighted by molar-refractivity contribution is 0.0673. The Balaban J connectivity index is 2.84. The standard InChI is InChI=1S/C12H22N4O2/c1-9(2)8-16(5-6-18-4)12(17)10-7-14-15(3)11(10)13/h7,9H,5-6,8,13H2,1-4H3. The fourth-order valence-electron chi connectivity index (χ4n) is 1.70. The molecule has 6 heteroatoms. The minimum absolute atomic E-state index is 0.0913. The van der Waals surface area contributed by atoms with Crippen LogP contribution in [0, 0.1) is 5.92 Å². The second-order valence-electron chi connectivity index (χ2n) is 4.70. The van der Waals surface area contributed by atoms with Crippen molar-refractivity contribution in [1.82, 2.24) is 14.7 Å². The minimum atomic E-state index is -0.0913. The molecule has 0 saturated carbocycles. The molecule has 1 rings (SSSR count). The van der Waals surface area contributed by atoms with Crippen LogP contribution in [-0.2, 0) is 11.8 Å². The third-order valence-electron chi connectivity index (χ3n) is 2.65. The Morgan fingerprint density at radius 3 is 2.72 bits per heavy atom. The van der Waals surface area contributed by atoms with E-state index >= 15 is 0 Å². The summed E-state index contributed by atoms with van der Waals surface area (Å²) in [5.41, 5.74) is 6.28. The van der Waals surface area contributed by atoms with E-state index in [1.54, 1.807) is 19.1 Å². The van der Waals surface area contributed by atoms with Gasteiger partial charge in [0.2, 0.25) is 0 Å². The maximum atomic E-state index is 12.4. The number of ether oxygens (including phenoxy) is 1. The molecule has 1 aromatic rings. The van der Waals surface area contributed by atoms with E-state index in [-0.39, 0.29) is 5.91 Å². The first-order chi connectivity index (χ1) is 8.47. The van der Waals surface area contributed by atoms with Gasteiger partial charge in [0, 0.05) is 27.2 Å². The van der Waals surface area contributed by atoms with Gasteiger partial charge in [-0.1, -0.05) is 13.8 Å². The first-order valence-electron chi connectivity index (χ1n) is 6.03. The largest absolute Gasteiger partial charge is 0.383 e. The number of methoxy groups -OCH3 is 1. The van der Waals surface area contributed by atoms with Gasteiger partial charge >= 0.3 is 0 Å². The smallest absolute Gasteiger partial charge is 0.259 e. The molecule has 0 radical (unpaired) electrons. The Labute approximate surface area is 108 Å². The summed E-state index contributed by atoms with van der Waals surface area (Å²) in [5.74, 6) is 0.696. The number of nitrogens with two attached hydrogens (primary N) is 1. The van der Waals surface area contributed by atoms with Gasteiger partial charge in [-0.15, -0.1) is 0 Å². The normalized spacial score (nSPS) is 10.9. The van der Waals surface area contributed by atoms with Gasteiger partial charge in [0.25, 0.3) is 5.91 Å². The van der Waals surface area contributed by atoms with Gasteiger partial charge in [-0.25, -0.2) is 0 Å². The summed E-state index contributed by atoms with van der Waals surface area (Å²) >= 11 is 0. The fourth-order valence-corrected chi connectivity index (χ4v) is 1.70. The molecule has 1 heterocycles.